The van der Waals surface area contributed by atoms with Crippen molar-refractivity contribution >= 4 is 10.1 Å². The van der Waals surface area contributed by atoms with Crippen LogP contribution in [0.4, 0.5) is 0 Å². The highest BCUT2D eigenvalue weighted by atomic mass is 32.2. The Hall–Kier alpha value is -0.570. The Morgan fingerprint density at radius 2 is 1.70 bits per heavy atom. The number of terminal acetylenes is 1. The Morgan fingerprint density at radius 3 is 1.70 bits per heavy atom. The van der Waals surface area contributed by atoms with E-state index in [9.17, 15) is 8.42 Å². The quantitative estimate of drug-likeness (QED) is 0.376. The molecule has 2 N–H and O–H groups in total. The van der Waals surface area contributed by atoms with Gasteiger partial charge in [-0.25, -0.2) is 0 Å². The van der Waals surface area contributed by atoms with E-state index < -0.39 is 16.2 Å². The minimum absolute atomic E-state index is 0.588. The van der Waals surface area contributed by atoms with E-state index in [2.05, 4.69) is 12.3 Å². The molecule has 0 aliphatic heterocycles. The first kappa shape index (κ1) is 12.1. The highest BCUT2D eigenvalue weighted by molar-refractivity contribution is 7.85. The van der Waals surface area contributed by atoms with Crippen LogP contribution < -0.4 is 0 Å². The first-order chi connectivity index (χ1) is 4.27. The zero-order valence-corrected chi connectivity index (χ0v) is 6.59. The van der Waals surface area contributed by atoms with Gasteiger partial charge in [-0.15, -0.1) is 6.42 Å². The minimum atomic E-state index is -3.67. The number of aliphatic hydroxyl groups excluding tert-OH is 1. The lowest BCUT2D eigenvalue weighted by atomic mass is 10.4. The zero-order valence-electron chi connectivity index (χ0n) is 5.77. The molecule has 0 aliphatic carbocycles. The average Bonchev–Trinajstić information content (AvgIpc) is 1.61. The normalized spacial score (nSPS) is 12.3. The molecule has 0 heterocycles. The highest BCUT2D eigenvalue weighted by Gasteiger charge is 1.81. The first-order valence-corrected chi connectivity index (χ1v) is 4.19. The van der Waals surface area contributed by atoms with Crippen LogP contribution in [0, 0.1) is 12.3 Å². The monoisotopic (exact) mass is 166 g/mol. The summed E-state index contributed by atoms with van der Waals surface area (Å²) in [5.41, 5.74) is 0. The molecule has 0 rings (SSSR count). The van der Waals surface area contributed by atoms with E-state index in [0.29, 0.717) is 6.26 Å². The molecule has 5 heteroatoms. The van der Waals surface area contributed by atoms with E-state index in [-0.39, 0.29) is 0 Å². The summed E-state index contributed by atoms with van der Waals surface area (Å²) < 4.78 is 25.9. The summed E-state index contributed by atoms with van der Waals surface area (Å²) in [4.78, 5) is 0. The maximum atomic E-state index is 9.19. The van der Waals surface area contributed by atoms with Crippen LogP contribution in [-0.4, -0.2) is 30.4 Å². The molecule has 0 amide bonds. The molecule has 1 atom stereocenters. The Labute approximate surface area is 60.6 Å². The van der Waals surface area contributed by atoms with E-state index in [0.717, 1.165) is 0 Å². The van der Waals surface area contributed by atoms with Crippen molar-refractivity contribution in [1.82, 2.24) is 0 Å². The fourth-order valence-electron chi connectivity index (χ4n) is 0. The van der Waals surface area contributed by atoms with Gasteiger partial charge >= 0.3 is 0 Å². The minimum Gasteiger partial charge on any atom is -0.381 e. The molecule has 0 spiro atoms. The number of hydrogen-bond acceptors (Lipinski definition) is 3. The fraction of sp³-hybridized carbons (Fsp3) is 0.600. The van der Waals surface area contributed by atoms with Gasteiger partial charge in [0.2, 0.25) is 0 Å². The molecule has 0 saturated carbocycles. The Kier molecular flexibility index (Phi) is 6.35. The lowest BCUT2D eigenvalue weighted by molar-refractivity contribution is 0.253. The Balaban J connectivity index is 0. The van der Waals surface area contributed by atoms with Crippen LogP contribution in [-0.2, 0) is 10.1 Å². The van der Waals surface area contributed by atoms with Gasteiger partial charge in [-0.2, -0.15) is 8.42 Å². The summed E-state index contributed by atoms with van der Waals surface area (Å²) in [6.07, 6.45) is 4.80. The van der Waals surface area contributed by atoms with Crippen molar-refractivity contribution in [2.45, 2.75) is 13.0 Å². The van der Waals surface area contributed by atoms with Crippen molar-refractivity contribution in [1.29, 1.82) is 0 Å². The summed E-state index contributed by atoms with van der Waals surface area (Å²) in [6.45, 7) is 1.54. The van der Waals surface area contributed by atoms with Crippen LogP contribution in [0.15, 0.2) is 0 Å². The Morgan fingerprint density at radius 1 is 1.60 bits per heavy atom. The second kappa shape index (κ2) is 5.23. The number of hydrogen-bond donors (Lipinski definition) is 2. The average molecular weight is 166 g/mol. The smallest absolute Gasteiger partial charge is 0.261 e. The van der Waals surface area contributed by atoms with Crippen LogP contribution in [0.25, 0.3) is 0 Å². The van der Waals surface area contributed by atoms with Gasteiger partial charge < -0.3 is 5.11 Å². The molecular weight excluding hydrogens is 156 g/mol. The first-order valence-electron chi connectivity index (χ1n) is 2.34. The molecule has 0 aromatic carbocycles. The number of aliphatic hydroxyl groups is 1. The lowest BCUT2D eigenvalue weighted by Gasteiger charge is -1.80. The van der Waals surface area contributed by atoms with Crippen LogP contribution in [0.3, 0.4) is 0 Å². The van der Waals surface area contributed by atoms with Gasteiger partial charge in [0.1, 0.15) is 6.10 Å². The molecule has 0 aliphatic rings. The van der Waals surface area contributed by atoms with Gasteiger partial charge in [-0.05, 0) is 6.92 Å². The maximum absolute atomic E-state index is 9.19. The van der Waals surface area contributed by atoms with Gasteiger partial charge in [-0.1, -0.05) is 5.92 Å². The van der Waals surface area contributed by atoms with E-state index in [1.165, 1.54) is 0 Å². The third kappa shape index (κ3) is 150. The maximum Gasteiger partial charge on any atom is 0.261 e. The van der Waals surface area contributed by atoms with Crippen LogP contribution in [0.2, 0.25) is 0 Å². The molecule has 0 aromatic heterocycles. The predicted molar refractivity (Wildman–Crippen MR) is 38.0 cm³/mol. The van der Waals surface area contributed by atoms with Crippen LogP contribution in [0.1, 0.15) is 6.92 Å². The number of rotatable bonds is 0. The third-order valence-corrected chi connectivity index (χ3v) is 0.241. The van der Waals surface area contributed by atoms with Crippen molar-refractivity contribution in [3.63, 3.8) is 0 Å². The molecule has 0 aromatic rings. The van der Waals surface area contributed by atoms with Gasteiger partial charge in [0.25, 0.3) is 10.1 Å². The summed E-state index contributed by atoms with van der Waals surface area (Å²) in [7, 11) is -3.67. The summed E-state index contributed by atoms with van der Waals surface area (Å²) in [5.74, 6) is 2.08. The molecule has 0 saturated heterocycles. The molecule has 0 bridgehead atoms. The molecular formula is C5H10O4S. The molecule has 0 fully saturated rings. The topological polar surface area (TPSA) is 74.6 Å². The van der Waals surface area contributed by atoms with Crippen molar-refractivity contribution < 1.29 is 18.1 Å². The molecule has 0 radical (unpaired) electrons. The van der Waals surface area contributed by atoms with Gasteiger partial charge in [0.15, 0.2) is 0 Å². The molecule has 10 heavy (non-hydrogen) atoms. The van der Waals surface area contributed by atoms with Crippen LogP contribution >= 0.6 is 0 Å². The van der Waals surface area contributed by atoms with E-state index in [4.69, 9.17) is 9.66 Å². The van der Waals surface area contributed by atoms with Crippen molar-refractivity contribution in [2.24, 2.45) is 0 Å². The van der Waals surface area contributed by atoms with E-state index in [1.54, 1.807) is 6.92 Å². The van der Waals surface area contributed by atoms with Crippen molar-refractivity contribution in [2.75, 3.05) is 6.26 Å². The van der Waals surface area contributed by atoms with E-state index in [1.807, 2.05) is 0 Å². The van der Waals surface area contributed by atoms with Gasteiger partial charge in [0, 0.05) is 0 Å². The SMILES string of the molecule is C#C[C@H](C)O.CS(=O)(=O)O. The van der Waals surface area contributed by atoms with E-state index >= 15 is 0 Å². The zero-order chi connectivity index (χ0) is 8.78. The van der Waals surface area contributed by atoms with Crippen LogP contribution in [0.5, 0.6) is 0 Å². The lowest BCUT2D eigenvalue weighted by Crippen LogP contribution is -1.90. The summed E-state index contributed by atoms with van der Waals surface area (Å²) >= 11 is 0. The second-order valence-electron chi connectivity index (χ2n) is 1.58. The predicted octanol–water partition coefficient (Wildman–Crippen LogP) is -0.496. The largest absolute Gasteiger partial charge is 0.381 e. The fourth-order valence-corrected chi connectivity index (χ4v) is 0. The Bertz CT molecular complexity index is 188. The summed E-state index contributed by atoms with van der Waals surface area (Å²) in [6, 6.07) is 0. The van der Waals surface area contributed by atoms with Crippen molar-refractivity contribution in [3.05, 3.63) is 0 Å². The highest BCUT2D eigenvalue weighted by Crippen LogP contribution is 1.66. The van der Waals surface area contributed by atoms with Gasteiger partial charge in [0.05, 0.1) is 6.26 Å². The summed E-state index contributed by atoms with van der Waals surface area (Å²) in [5, 5.41) is 8.12. The third-order valence-electron chi connectivity index (χ3n) is 0.241. The molecule has 60 valence electrons. The van der Waals surface area contributed by atoms with Gasteiger partial charge in [-0.3, -0.25) is 4.55 Å². The molecule has 0 unspecified atom stereocenters. The van der Waals surface area contributed by atoms with Crippen molar-refractivity contribution in [3.8, 4) is 12.3 Å². The standard InChI is InChI=1S/C4H6O.CH4O3S/c1-3-4(2)5;1-5(2,3)4/h1,4-5H,2H3;1H3,(H,2,3,4)/t4-;/m0./s1. The second-order valence-corrected chi connectivity index (χ2v) is 3.04. The molecule has 4 nitrogen and oxygen atoms in total.